The van der Waals surface area contributed by atoms with E-state index < -0.39 is 0 Å². The molecule has 78 valence electrons. The van der Waals surface area contributed by atoms with Crippen molar-refractivity contribution in [3.8, 4) is 0 Å². The molecule has 1 heteroatoms. The maximum absolute atomic E-state index is 3.55. The summed E-state index contributed by atoms with van der Waals surface area (Å²) in [7, 11) is 0. The van der Waals surface area contributed by atoms with Gasteiger partial charge in [-0.3, -0.25) is 0 Å². The molecule has 0 aliphatic rings. The fraction of sp³-hybridized carbons (Fsp3) is 0.538. The zero-order valence-electron chi connectivity index (χ0n) is 9.46. The summed E-state index contributed by atoms with van der Waals surface area (Å²) >= 11 is 0. The van der Waals surface area contributed by atoms with Gasteiger partial charge in [-0.05, 0) is 18.4 Å². The van der Waals surface area contributed by atoms with Crippen molar-refractivity contribution in [2.45, 2.75) is 39.8 Å². The van der Waals surface area contributed by atoms with Gasteiger partial charge in [0.25, 0.3) is 0 Å². The third-order valence-electron chi connectivity index (χ3n) is 2.97. The Hall–Kier alpha value is -0.820. The standard InChI is InChI=1S/C13H21N/c1-4-11(2)12(3)14-10-13-8-6-5-7-9-13/h5-9,11-12,14H,4,10H2,1-3H3/t11-,12?/m1/s1. The fourth-order valence-electron chi connectivity index (χ4n) is 1.43. The molecule has 0 aliphatic heterocycles. The number of nitrogens with one attached hydrogen (secondary N) is 1. The van der Waals surface area contributed by atoms with Crippen LogP contribution >= 0.6 is 0 Å². The Kier molecular flexibility index (Phi) is 4.68. The Bertz CT molecular complexity index is 243. The average molecular weight is 191 g/mol. The lowest BCUT2D eigenvalue weighted by Crippen LogP contribution is -2.31. The summed E-state index contributed by atoms with van der Waals surface area (Å²) in [6.07, 6.45) is 1.24. The van der Waals surface area contributed by atoms with Crippen LogP contribution in [0.4, 0.5) is 0 Å². The zero-order chi connectivity index (χ0) is 10.4. The summed E-state index contributed by atoms with van der Waals surface area (Å²) in [5, 5.41) is 3.55. The van der Waals surface area contributed by atoms with E-state index >= 15 is 0 Å². The summed E-state index contributed by atoms with van der Waals surface area (Å²) in [5.74, 6) is 0.749. The van der Waals surface area contributed by atoms with Crippen LogP contribution in [0.2, 0.25) is 0 Å². The smallest absolute Gasteiger partial charge is 0.0208 e. The lowest BCUT2D eigenvalue weighted by atomic mass is 10.0. The molecule has 1 aromatic carbocycles. The van der Waals surface area contributed by atoms with Gasteiger partial charge < -0.3 is 5.32 Å². The molecular weight excluding hydrogens is 170 g/mol. The van der Waals surface area contributed by atoms with Crippen LogP contribution in [-0.2, 0) is 6.54 Å². The van der Waals surface area contributed by atoms with Crippen molar-refractivity contribution < 1.29 is 0 Å². The normalized spacial score (nSPS) is 15.1. The van der Waals surface area contributed by atoms with Crippen molar-refractivity contribution in [3.63, 3.8) is 0 Å². The van der Waals surface area contributed by atoms with Crippen molar-refractivity contribution in [3.05, 3.63) is 35.9 Å². The Balaban J connectivity index is 2.34. The topological polar surface area (TPSA) is 12.0 Å². The molecule has 2 atom stereocenters. The van der Waals surface area contributed by atoms with Gasteiger partial charge in [0, 0.05) is 12.6 Å². The number of hydrogen-bond donors (Lipinski definition) is 1. The van der Waals surface area contributed by atoms with Crippen LogP contribution in [0.25, 0.3) is 0 Å². The van der Waals surface area contributed by atoms with E-state index in [-0.39, 0.29) is 0 Å². The van der Waals surface area contributed by atoms with Crippen molar-refractivity contribution in [1.82, 2.24) is 5.32 Å². The van der Waals surface area contributed by atoms with Crippen LogP contribution in [0.5, 0.6) is 0 Å². The van der Waals surface area contributed by atoms with E-state index in [0.29, 0.717) is 6.04 Å². The number of hydrogen-bond acceptors (Lipinski definition) is 1. The first-order valence-corrected chi connectivity index (χ1v) is 5.51. The second-order valence-corrected chi connectivity index (χ2v) is 4.04. The first-order chi connectivity index (χ1) is 6.74. The third-order valence-corrected chi connectivity index (χ3v) is 2.97. The molecule has 0 aromatic heterocycles. The van der Waals surface area contributed by atoms with E-state index in [0.717, 1.165) is 12.5 Å². The van der Waals surface area contributed by atoms with Gasteiger partial charge in [0.15, 0.2) is 0 Å². The first kappa shape index (κ1) is 11.3. The van der Waals surface area contributed by atoms with E-state index in [1.54, 1.807) is 0 Å². The zero-order valence-corrected chi connectivity index (χ0v) is 9.46. The highest BCUT2D eigenvalue weighted by molar-refractivity contribution is 5.14. The van der Waals surface area contributed by atoms with Gasteiger partial charge >= 0.3 is 0 Å². The van der Waals surface area contributed by atoms with Crippen LogP contribution in [0.1, 0.15) is 32.8 Å². The summed E-state index contributed by atoms with van der Waals surface area (Å²) in [6, 6.07) is 11.2. The van der Waals surface area contributed by atoms with Gasteiger partial charge in [0.2, 0.25) is 0 Å². The molecule has 0 aliphatic carbocycles. The molecular formula is C13H21N. The summed E-state index contributed by atoms with van der Waals surface area (Å²) in [4.78, 5) is 0. The highest BCUT2D eigenvalue weighted by atomic mass is 14.9. The largest absolute Gasteiger partial charge is 0.310 e. The van der Waals surface area contributed by atoms with Gasteiger partial charge in [0.1, 0.15) is 0 Å². The molecule has 1 nitrogen and oxygen atoms in total. The van der Waals surface area contributed by atoms with Gasteiger partial charge in [-0.1, -0.05) is 50.6 Å². The fourth-order valence-corrected chi connectivity index (χ4v) is 1.43. The minimum Gasteiger partial charge on any atom is -0.310 e. The molecule has 0 saturated carbocycles. The Labute approximate surface area is 87.5 Å². The molecule has 0 amide bonds. The maximum Gasteiger partial charge on any atom is 0.0208 e. The third kappa shape index (κ3) is 3.51. The summed E-state index contributed by atoms with van der Waals surface area (Å²) in [6.45, 7) is 7.78. The number of rotatable bonds is 5. The van der Waals surface area contributed by atoms with Crippen molar-refractivity contribution in [2.24, 2.45) is 5.92 Å². The molecule has 14 heavy (non-hydrogen) atoms. The van der Waals surface area contributed by atoms with E-state index in [4.69, 9.17) is 0 Å². The van der Waals surface area contributed by atoms with E-state index in [2.05, 4.69) is 56.4 Å². The molecule has 1 aromatic rings. The van der Waals surface area contributed by atoms with Crippen LogP contribution in [-0.4, -0.2) is 6.04 Å². The second-order valence-electron chi connectivity index (χ2n) is 4.04. The minimum absolute atomic E-state index is 0.597. The second kappa shape index (κ2) is 5.82. The van der Waals surface area contributed by atoms with Crippen LogP contribution < -0.4 is 5.32 Å². The summed E-state index contributed by atoms with van der Waals surface area (Å²) in [5.41, 5.74) is 1.36. The lowest BCUT2D eigenvalue weighted by Gasteiger charge is -2.19. The lowest BCUT2D eigenvalue weighted by molar-refractivity contribution is 0.389. The molecule has 0 heterocycles. The molecule has 0 fully saturated rings. The first-order valence-electron chi connectivity index (χ1n) is 5.51. The van der Waals surface area contributed by atoms with E-state index in [1.165, 1.54) is 12.0 Å². The van der Waals surface area contributed by atoms with Crippen LogP contribution in [0, 0.1) is 5.92 Å². The molecule has 0 spiro atoms. The van der Waals surface area contributed by atoms with Crippen molar-refractivity contribution in [1.29, 1.82) is 0 Å². The van der Waals surface area contributed by atoms with Crippen molar-refractivity contribution in [2.75, 3.05) is 0 Å². The van der Waals surface area contributed by atoms with Gasteiger partial charge in [-0.15, -0.1) is 0 Å². The summed E-state index contributed by atoms with van der Waals surface area (Å²) < 4.78 is 0. The van der Waals surface area contributed by atoms with E-state index in [9.17, 15) is 0 Å². The van der Waals surface area contributed by atoms with Gasteiger partial charge in [-0.2, -0.15) is 0 Å². The van der Waals surface area contributed by atoms with Crippen molar-refractivity contribution >= 4 is 0 Å². The Morgan fingerprint density at radius 3 is 2.36 bits per heavy atom. The average Bonchev–Trinajstić information content (AvgIpc) is 2.26. The minimum atomic E-state index is 0.597. The molecule has 0 bridgehead atoms. The highest BCUT2D eigenvalue weighted by Crippen LogP contribution is 2.07. The van der Waals surface area contributed by atoms with Gasteiger partial charge in [0.05, 0.1) is 0 Å². The van der Waals surface area contributed by atoms with Crippen LogP contribution in [0.3, 0.4) is 0 Å². The highest BCUT2D eigenvalue weighted by Gasteiger charge is 2.08. The monoisotopic (exact) mass is 191 g/mol. The molecule has 0 saturated heterocycles. The maximum atomic E-state index is 3.55. The molecule has 0 radical (unpaired) electrons. The van der Waals surface area contributed by atoms with E-state index in [1.807, 2.05) is 0 Å². The SMILES string of the molecule is CC[C@@H](C)C(C)NCc1ccccc1. The Morgan fingerprint density at radius 2 is 1.79 bits per heavy atom. The molecule has 1 N–H and O–H groups in total. The predicted molar refractivity (Wildman–Crippen MR) is 62.2 cm³/mol. The molecule has 1 rings (SSSR count). The predicted octanol–water partition coefficient (Wildman–Crippen LogP) is 3.21. The molecule has 1 unspecified atom stereocenters. The number of benzene rings is 1. The van der Waals surface area contributed by atoms with Gasteiger partial charge in [-0.25, -0.2) is 0 Å². The quantitative estimate of drug-likeness (QED) is 0.753. The Morgan fingerprint density at radius 1 is 1.14 bits per heavy atom. The van der Waals surface area contributed by atoms with Crippen LogP contribution in [0.15, 0.2) is 30.3 Å².